The lowest BCUT2D eigenvalue weighted by Gasteiger charge is -2.02. The Bertz CT molecular complexity index is 689. The molecule has 7 heteroatoms. The summed E-state index contributed by atoms with van der Waals surface area (Å²) in [5.41, 5.74) is 3.99. The van der Waals surface area contributed by atoms with E-state index in [0.717, 1.165) is 5.69 Å². The fourth-order valence-electron chi connectivity index (χ4n) is 1.67. The molecule has 0 radical (unpaired) electrons. The first-order valence-corrected chi connectivity index (χ1v) is 6.35. The van der Waals surface area contributed by atoms with Crippen LogP contribution in [-0.4, -0.2) is 18.2 Å². The minimum Gasteiger partial charge on any atom is -0.490 e. The van der Waals surface area contributed by atoms with Gasteiger partial charge in [-0.2, -0.15) is 5.10 Å². The standard InChI is InChI=1S/C14H12ClN3O3/c1-21-14-6-5-10(7-13(14)18(19)20)9-16-17-12-4-2-3-11(15)8-12/h2-9,17H,1H3. The molecule has 0 heterocycles. The molecule has 108 valence electrons. The van der Waals surface area contributed by atoms with Gasteiger partial charge in [0.2, 0.25) is 0 Å². The quantitative estimate of drug-likeness (QED) is 0.519. The monoisotopic (exact) mass is 305 g/mol. The van der Waals surface area contributed by atoms with Gasteiger partial charge in [0.1, 0.15) is 0 Å². The molecule has 0 aliphatic rings. The van der Waals surface area contributed by atoms with Crippen molar-refractivity contribution < 1.29 is 9.66 Å². The smallest absolute Gasteiger partial charge is 0.311 e. The zero-order valence-corrected chi connectivity index (χ0v) is 11.9. The van der Waals surface area contributed by atoms with Gasteiger partial charge in [0, 0.05) is 16.7 Å². The predicted molar refractivity (Wildman–Crippen MR) is 82.3 cm³/mol. The number of hydrogen-bond donors (Lipinski definition) is 1. The van der Waals surface area contributed by atoms with Crippen LogP contribution in [0.15, 0.2) is 47.6 Å². The van der Waals surface area contributed by atoms with E-state index in [0.29, 0.717) is 10.6 Å². The minimum atomic E-state index is -0.499. The van der Waals surface area contributed by atoms with Gasteiger partial charge in [0.05, 0.1) is 23.9 Å². The number of hydrogen-bond acceptors (Lipinski definition) is 5. The molecule has 0 unspecified atom stereocenters. The molecule has 2 aromatic rings. The first-order chi connectivity index (χ1) is 10.1. The Morgan fingerprint density at radius 2 is 2.14 bits per heavy atom. The third-order valence-corrected chi connectivity index (χ3v) is 2.87. The van der Waals surface area contributed by atoms with E-state index in [9.17, 15) is 10.1 Å². The lowest BCUT2D eigenvalue weighted by atomic mass is 10.2. The van der Waals surface area contributed by atoms with E-state index in [1.807, 2.05) is 0 Å². The number of nitrogens with zero attached hydrogens (tertiary/aromatic N) is 2. The van der Waals surface area contributed by atoms with Crippen LogP contribution in [0, 0.1) is 10.1 Å². The molecule has 0 spiro atoms. The van der Waals surface area contributed by atoms with E-state index in [4.69, 9.17) is 16.3 Å². The van der Waals surface area contributed by atoms with Gasteiger partial charge in [-0.1, -0.05) is 17.7 Å². The number of benzene rings is 2. The summed E-state index contributed by atoms with van der Waals surface area (Å²) in [4.78, 5) is 10.4. The van der Waals surface area contributed by atoms with E-state index in [1.54, 1.807) is 30.3 Å². The van der Waals surface area contributed by atoms with Crippen LogP contribution in [0.4, 0.5) is 11.4 Å². The zero-order chi connectivity index (χ0) is 15.2. The van der Waals surface area contributed by atoms with Gasteiger partial charge in [-0.15, -0.1) is 0 Å². The first-order valence-electron chi connectivity index (χ1n) is 5.97. The number of methoxy groups -OCH3 is 1. The largest absolute Gasteiger partial charge is 0.490 e. The van der Waals surface area contributed by atoms with E-state index >= 15 is 0 Å². The van der Waals surface area contributed by atoms with Crippen LogP contribution in [0.1, 0.15) is 5.56 Å². The van der Waals surface area contributed by atoms with E-state index in [2.05, 4.69) is 10.5 Å². The number of nitrogens with one attached hydrogen (secondary N) is 1. The Kier molecular flexibility index (Phi) is 4.73. The van der Waals surface area contributed by atoms with Crippen LogP contribution in [0.5, 0.6) is 5.75 Å². The fourth-order valence-corrected chi connectivity index (χ4v) is 1.86. The highest BCUT2D eigenvalue weighted by molar-refractivity contribution is 6.30. The molecule has 1 N–H and O–H groups in total. The second-order valence-electron chi connectivity index (χ2n) is 4.07. The Morgan fingerprint density at radius 3 is 2.81 bits per heavy atom. The zero-order valence-electron chi connectivity index (χ0n) is 11.1. The van der Waals surface area contributed by atoms with Gasteiger partial charge in [-0.25, -0.2) is 0 Å². The summed E-state index contributed by atoms with van der Waals surface area (Å²) in [7, 11) is 1.39. The molecule has 2 aromatic carbocycles. The summed E-state index contributed by atoms with van der Waals surface area (Å²) in [6.07, 6.45) is 1.48. The van der Waals surface area contributed by atoms with Crippen molar-refractivity contribution in [2.75, 3.05) is 12.5 Å². The summed E-state index contributed by atoms with van der Waals surface area (Å²) in [5.74, 6) is 0.208. The van der Waals surface area contributed by atoms with Crippen molar-refractivity contribution >= 4 is 29.2 Å². The van der Waals surface area contributed by atoms with E-state index < -0.39 is 4.92 Å². The lowest BCUT2D eigenvalue weighted by molar-refractivity contribution is -0.385. The number of rotatable bonds is 5. The van der Waals surface area contributed by atoms with Crippen molar-refractivity contribution in [1.82, 2.24) is 0 Å². The van der Waals surface area contributed by atoms with Gasteiger partial charge in [0.25, 0.3) is 0 Å². The summed E-state index contributed by atoms with van der Waals surface area (Å²) in [5, 5.41) is 15.5. The van der Waals surface area contributed by atoms with Crippen LogP contribution < -0.4 is 10.2 Å². The van der Waals surface area contributed by atoms with Crippen LogP contribution in [-0.2, 0) is 0 Å². The van der Waals surface area contributed by atoms with Gasteiger partial charge in [-0.05, 0) is 30.3 Å². The normalized spacial score (nSPS) is 10.6. The van der Waals surface area contributed by atoms with Crippen molar-refractivity contribution in [1.29, 1.82) is 0 Å². The maximum absolute atomic E-state index is 10.9. The first kappa shape index (κ1) is 14.8. The van der Waals surface area contributed by atoms with Crippen molar-refractivity contribution in [2.24, 2.45) is 5.10 Å². The Hall–Kier alpha value is -2.60. The fraction of sp³-hybridized carbons (Fsp3) is 0.0714. The molecule has 0 saturated heterocycles. The number of ether oxygens (including phenoxy) is 1. The molecule has 0 atom stereocenters. The molecule has 0 aromatic heterocycles. The number of hydrazone groups is 1. The second kappa shape index (κ2) is 6.71. The highest BCUT2D eigenvalue weighted by atomic mass is 35.5. The third-order valence-electron chi connectivity index (χ3n) is 2.63. The van der Waals surface area contributed by atoms with Gasteiger partial charge in [0.15, 0.2) is 5.75 Å². The SMILES string of the molecule is COc1ccc(C=NNc2cccc(Cl)c2)cc1[N+](=O)[O-]. The second-order valence-corrected chi connectivity index (χ2v) is 4.51. The predicted octanol–water partition coefficient (Wildman–Crippen LogP) is 3.70. The van der Waals surface area contributed by atoms with Crippen LogP contribution in [0.25, 0.3) is 0 Å². The van der Waals surface area contributed by atoms with E-state index in [-0.39, 0.29) is 11.4 Å². The maximum Gasteiger partial charge on any atom is 0.311 e. The molecule has 2 rings (SSSR count). The summed E-state index contributed by atoms with van der Waals surface area (Å²) in [6.45, 7) is 0. The number of nitro benzene ring substituents is 1. The Balaban J connectivity index is 2.14. The van der Waals surface area contributed by atoms with Crippen molar-refractivity contribution in [3.63, 3.8) is 0 Å². The summed E-state index contributed by atoms with van der Waals surface area (Å²) >= 11 is 5.85. The van der Waals surface area contributed by atoms with Crippen molar-refractivity contribution in [2.45, 2.75) is 0 Å². The highest BCUT2D eigenvalue weighted by Crippen LogP contribution is 2.26. The summed E-state index contributed by atoms with van der Waals surface area (Å²) < 4.78 is 4.93. The highest BCUT2D eigenvalue weighted by Gasteiger charge is 2.14. The molecule has 21 heavy (non-hydrogen) atoms. The van der Waals surface area contributed by atoms with Crippen molar-refractivity contribution in [3.05, 3.63) is 63.2 Å². The number of halogens is 1. The average molecular weight is 306 g/mol. The molecule has 0 saturated carbocycles. The molecule has 0 amide bonds. The molecular weight excluding hydrogens is 294 g/mol. The number of nitro groups is 1. The van der Waals surface area contributed by atoms with Crippen LogP contribution in [0.2, 0.25) is 5.02 Å². The van der Waals surface area contributed by atoms with Crippen molar-refractivity contribution in [3.8, 4) is 5.75 Å². The molecule has 6 nitrogen and oxygen atoms in total. The van der Waals surface area contributed by atoms with E-state index in [1.165, 1.54) is 25.5 Å². The van der Waals surface area contributed by atoms with Crippen LogP contribution in [0.3, 0.4) is 0 Å². The Morgan fingerprint density at radius 1 is 1.33 bits per heavy atom. The lowest BCUT2D eigenvalue weighted by Crippen LogP contribution is -1.96. The number of anilines is 1. The third kappa shape index (κ3) is 3.93. The topological polar surface area (TPSA) is 76.8 Å². The molecular formula is C14H12ClN3O3. The molecule has 0 aliphatic carbocycles. The maximum atomic E-state index is 10.9. The average Bonchev–Trinajstić information content (AvgIpc) is 2.47. The Labute approximate surface area is 126 Å². The molecule has 0 aliphatic heterocycles. The summed E-state index contributed by atoms with van der Waals surface area (Å²) in [6, 6.07) is 11.7. The molecule has 0 bridgehead atoms. The minimum absolute atomic E-state index is 0.107. The van der Waals surface area contributed by atoms with Crippen LogP contribution >= 0.6 is 11.6 Å². The van der Waals surface area contributed by atoms with Gasteiger partial charge in [-0.3, -0.25) is 15.5 Å². The van der Waals surface area contributed by atoms with Gasteiger partial charge < -0.3 is 4.74 Å². The van der Waals surface area contributed by atoms with Gasteiger partial charge >= 0.3 is 5.69 Å². The molecule has 0 fully saturated rings.